The summed E-state index contributed by atoms with van der Waals surface area (Å²) in [6.45, 7) is 4.89. The van der Waals surface area contributed by atoms with Crippen LogP contribution in [0.5, 0.6) is 5.75 Å². The summed E-state index contributed by atoms with van der Waals surface area (Å²) < 4.78 is 5.16. The lowest BCUT2D eigenvalue weighted by Crippen LogP contribution is -2.09. The average molecular weight is 191 g/mol. The van der Waals surface area contributed by atoms with E-state index in [0.717, 1.165) is 24.3 Å². The molecule has 2 heteroatoms. The van der Waals surface area contributed by atoms with Gasteiger partial charge < -0.3 is 10.1 Å². The van der Waals surface area contributed by atoms with Crippen molar-refractivity contribution in [3.05, 3.63) is 42.7 Å². The van der Waals surface area contributed by atoms with Gasteiger partial charge in [-0.25, -0.2) is 0 Å². The molecule has 2 radical (unpaired) electrons. The molecular weight excluding hydrogens is 174 g/mol. The number of ether oxygens (including phenoxy) is 1. The Bertz CT molecular complexity index is 284. The fourth-order valence-corrected chi connectivity index (χ4v) is 1.29. The first-order valence-electron chi connectivity index (χ1n) is 4.73. The largest absolute Gasteiger partial charge is 0.497 e. The van der Waals surface area contributed by atoms with Crippen LogP contribution in [-0.2, 0) is 6.42 Å². The number of hydrogen-bond donors (Lipinski definition) is 1. The average Bonchev–Trinajstić information content (AvgIpc) is 2.21. The number of methoxy groups -OCH3 is 1. The van der Waals surface area contributed by atoms with Gasteiger partial charge in [-0.2, -0.15) is 0 Å². The van der Waals surface area contributed by atoms with Crippen LogP contribution in [0.4, 0.5) is 0 Å². The van der Waals surface area contributed by atoms with Gasteiger partial charge in [0, 0.05) is 0 Å². The first-order valence-corrected chi connectivity index (χ1v) is 4.73. The van der Waals surface area contributed by atoms with Gasteiger partial charge >= 0.3 is 0 Å². The zero-order valence-electron chi connectivity index (χ0n) is 8.84. The van der Waals surface area contributed by atoms with Gasteiger partial charge in [0.05, 0.1) is 7.11 Å². The van der Waals surface area contributed by atoms with Crippen molar-refractivity contribution in [2.75, 3.05) is 20.7 Å². The minimum atomic E-state index is 0.894. The van der Waals surface area contributed by atoms with Gasteiger partial charge in [0.25, 0.3) is 0 Å². The highest BCUT2D eigenvalue weighted by atomic mass is 16.5. The third-order valence-corrected chi connectivity index (χ3v) is 2.13. The monoisotopic (exact) mass is 191 g/mol. The molecule has 0 bridgehead atoms. The Kier molecular flexibility index (Phi) is 4.47. The van der Waals surface area contributed by atoms with E-state index in [0.29, 0.717) is 0 Å². The molecule has 76 valence electrons. The van der Waals surface area contributed by atoms with Crippen LogP contribution < -0.4 is 10.1 Å². The van der Waals surface area contributed by atoms with Crippen LogP contribution >= 0.6 is 0 Å². The third-order valence-electron chi connectivity index (χ3n) is 2.13. The predicted octanol–water partition coefficient (Wildman–Crippen LogP) is 1.84. The Morgan fingerprint density at radius 2 is 2.29 bits per heavy atom. The molecule has 0 amide bonds. The second-order valence-electron chi connectivity index (χ2n) is 3.19. The lowest BCUT2D eigenvalue weighted by Gasteiger charge is -2.07. The topological polar surface area (TPSA) is 21.3 Å². The van der Waals surface area contributed by atoms with Gasteiger partial charge in [0.15, 0.2) is 0 Å². The minimum Gasteiger partial charge on any atom is -0.497 e. The molecule has 0 saturated heterocycles. The summed E-state index contributed by atoms with van der Waals surface area (Å²) in [4.78, 5) is 0. The molecular formula is C12H17NO. The van der Waals surface area contributed by atoms with E-state index < -0.39 is 0 Å². The van der Waals surface area contributed by atoms with Crippen molar-refractivity contribution in [2.24, 2.45) is 0 Å². The molecule has 14 heavy (non-hydrogen) atoms. The molecule has 1 rings (SSSR count). The van der Waals surface area contributed by atoms with Crippen LogP contribution in [0.15, 0.2) is 18.2 Å². The number of hydrogen-bond acceptors (Lipinski definition) is 2. The van der Waals surface area contributed by atoms with Crippen molar-refractivity contribution in [3.8, 4) is 5.75 Å². The molecule has 1 aromatic carbocycles. The van der Waals surface area contributed by atoms with Crippen molar-refractivity contribution >= 4 is 0 Å². The van der Waals surface area contributed by atoms with Crippen molar-refractivity contribution in [2.45, 2.75) is 6.42 Å². The lowest BCUT2D eigenvalue weighted by molar-refractivity contribution is 0.414. The summed E-state index contributed by atoms with van der Waals surface area (Å²) in [6, 6.07) is 5.96. The third kappa shape index (κ3) is 3.04. The van der Waals surface area contributed by atoms with Gasteiger partial charge in [-0.15, -0.1) is 0 Å². The minimum absolute atomic E-state index is 0.894. The summed E-state index contributed by atoms with van der Waals surface area (Å²) in [5.74, 6) is 0.894. The van der Waals surface area contributed by atoms with E-state index in [-0.39, 0.29) is 0 Å². The zero-order valence-corrected chi connectivity index (χ0v) is 8.84. The fraction of sp³-hybridized carbons (Fsp3) is 0.333. The van der Waals surface area contributed by atoms with Crippen LogP contribution in [-0.4, -0.2) is 20.7 Å². The molecule has 0 fully saturated rings. The maximum absolute atomic E-state index is 5.16. The van der Waals surface area contributed by atoms with E-state index in [1.54, 1.807) is 7.11 Å². The Morgan fingerprint density at radius 3 is 2.93 bits per heavy atom. The Morgan fingerprint density at radius 1 is 1.50 bits per heavy atom. The van der Waals surface area contributed by atoms with E-state index >= 15 is 0 Å². The van der Waals surface area contributed by atoms with Gasteiger partial charge in [-0.05, 0) is 56.6 Å². The first kappa shape index (κ1) is 11.1. The highest BCUT2D eigenvalue weighted by Crippen LogP contribution is 2.17. The highest BCUT2D eigenvalue weighted by molar-refractivity contribution is 5.38. The number of rotatable bonds is 5. The van der Waals surface area contributed by atoms with Crippen molar-refractivity contribution in [3.63, 3.8) is 0 Å². The lowest BCUT2D eigenvalue weighted by atomic mass is 10.0. The Balaban J connectivity index is 2.64. The second-order valence-corrected chi connectivity index (χ2v) is 3.19. The van der Waals surface area contributed by atoms with Crippen molar-refractivity contribution in [1.29, 1.82) is 0 Å². The maximum atomic E-state index is 5.16. The molecule has 0 spiro atoms. The molecule has 1 N–H and O–H groups in total. The van der Waals surface area contributed by atoms with Gasteiger partial charge in [0.1, 0.15) is 5.75 Å². The summed E-state index contributed by atoms with van der Waals surface area (Å²) in [5.41, 5.74) is 2.29. The molecule has 0 heterocycles. The second kappa shape index (κ2) is 5.66. The number of benzene rings is 1. The van der Waals surface area contributed by atoms with Crippen LogP contribution in [0.1, 0.15) is 11.1 Å². The summed E-state index contributed by atoms with van der Waals surface area (Å²) in [7, 11) is 3.62. The number of nitrogens with one attached hydrogen (secondary N) is 1. The van der Waals surface area contributed by atoms with E-state index in [1.807, 2.05) is 25.2 Å². The zero-order chi connectivity index (χ0) is 10.4. The van der Waals surface area contributed by atoms with Crippen LogP contribution in [0.3, 0.4) is 0 Å². The maximum Gasteiger partial charge on any atom is 0.119 e. The van der Waals surface area contributed by atoms with Crippen molar-refractivity contribution < 1.29 is 4.74 Å². The standard InChI is InChI=1S/C12H17NO/c1-10-6-7-12(14-3)9-11(10)5-4-8-13-2/h4,6-7,9,13H,1,5,8H2,2-3H3. The summed E-state index contributed by atoms with van der Waals surface area (Å²) in [6.07, 6.45) is 3.11. The SMILES string of the molecule is [CH2]c1ccc(OC)cc1C[CH]CNC. The van der Waals surface area contributed by atoms with Crippen LogP contribution in [0.25, 0.3) is 0 Å². The fourth-order valence-electron chi connectivity index (χ4n) is 1.29. The molecule has 0 aliphatic rings. The first-order chi connectivity index (χ1) is 6.77. The van der Waals surface area contributed by atoms with Crippen LogP contribution in [0.2, 0.25) is 0 Å². The molecule has 0 saturated carbocycles. The molecule has 0 aromatic heterocycles. The van der Waals surface area contributed by atoms with Gasteiger partial charge in [0.2, 0.25) is 0 Å². The smallest absolute Gasteiger partial charge is 0.119 e. The molecule has 0 aliphatic carbocycles. The Hall–Kier alpha value is -1.02. The summed E-state index contributed by atoms with van der Waals surface area (Å²) >= 11 is 0. The predicted molar refractivity (Wildman–Crippen MR) is 59.4 cm³/mol. The molecule has 2 nitrogen and oxygen atoms in total. The normalized spacial score (nSPS) is 10.2. The van der Waals surface area contributed by atoms with E-state index in [2.05, 4.69) is 18.7 Å². The van der Waals surface area contributed by atoms with Crippen molar-refractivity contribution in [1.82, 2.24) is 5.32 Å². The Labute approximate surface area is 86.3 Å². The van der Waals surface area contributed by atoms with E-state index in [9.17, 15) is 0 Å². The molecule has 0 atom stereocenters. The summed E-state index contributed by atoms with van der Waals surface area (Å²) in [5, 5.41) is 3.08. The molecule has 0 aliphatic heterocycles. The van der Waals surface area contributed by atoms with Crippen LogP contribution in [0, 0.1) is 13.3 Å². The molecule has 0 unspecified atom stereocenters. The van der Waals surface area contributed by atoms with E-state index in [1.165, 1.54) is 5.56 Å². The molecule has 1 aromatic rings. The quantitative estimate of drug-likeness (QED) is 0.717. The van der Waals surface area contributed by atoms with E-state index in [4.69, 9.17) is 4.74 Å². The highest BCUT2D eigenvalue weighted by Gasteiger charge is 2.00. The van der Waals surface area contributed by atoms with Gasteiger partial charge in [-0.1, -0.05) is 6.07 Å². The van der Waals surface area contributed by atoms with Gasteiger partial charge in [-0.3, -0.25) is 0 Å².